The van der Waals surface area contributed by atoms with Crippen molar-refractivity contribution in [1.82, 2.24) is 19.8 Å². The van der Waals surface area contributed by atoms with E-state index in [4.69, 9.17) is 27.8 Å². The highest BCUT2D eigenvalue weighted by molar-refractivity contribution is 5.78. The molecule has 0 saturated heterocycles. The first kappa shape index (κ1) is 52.6. The Balaban J connectivity index is 0.000000217. The van der Waals surface area contributed by atoms with Crippen molar-refractivity contribution in [3.8, 4) is 45.9 Å². The van der Waals surface area contributed by atoms with Gasteiger partial charge in [-0.05, 0) is 116 Å². The van der Waals surface area contributed by atoms with E-state index in [0.29, 0.717) is 60.7 Å². The number of carbonyl (C=O) groups excluding carboxylic acids is 2. The predicted molar refractivity (Wildman–Crippen MR) is 284 cm³/mol. The van der Waals surface area contributed by atoms with E-state index in [-0.39, 0.29) is 12.6 Å². The second-order valence-electron chi connectivity index (χ2n) is 16.8. The van der Waals surface area contributed by atoms with Gasteiger partial charge in [0, 0.05) is 43.6 Å². The zero-order valence-corrected chi connectivity index (χ0v) is 42.0. The maximum atomic E-state index is 12.7. The summed E-state index contributed by atoms with van der Waals surface area (Å²) in [5.41, 5.74) is 7.55. The number of aliphatic carboxylic acids is 1. The van der Waals surface area contributed by atoms with Gasteiger partial charge in [0.25, 0.3) is 0 Å². The summed E-state index contributed by atoms with van der Waals surface area (Å²) < 4.78 is 32.7. The minimum absolute atomic E-state index is 0.0890. The molecular formula is C60H58N4O10. The lowest BCUT2D eigenvalue weighted by atomic mass is 10.1. The number of rotatable bonds is 19. The van der Waals surface area contributed by atoms with E-state index < -0.39 is 18.6 Å². The molecule has 0 atom stereocenters. The minimum Gasteiger partial charge on any atom is -0.497 e. The molecule has 0 radical (unpaired) electrons. The molecule has 0 unspecified atom stereocenters. The van der Waals surface area contributed by atoms with E-state index in [9.17, 15) is 19.5 Å². The molecule has 0 saturated carbocycles. The second kappa shape index (κ2) is 26.3. The summed E-state index contributed by atoms with van der Waals surface area (Å²) in [5, 5.41) is 9.28. The third-order valence-electron chi connectivity index (χ3n) is 11.5. The van der Waals surface area contributed by atoms with E-state index in [2.05, 4.69) is 22.1 Å². The molecule has 8 rings (SSSR count). The smallest absolute Gasteiger partial charge is 0.416 e. The topological polar surface area (TPSA) is 167 Å². The molecule has 8 aromatic rings. The van der Waals surface area contributed by atoms with Crippen LogP contribution in [0.4, 0.5) is 9.59 Å². The van der Waals surface area contributed by atoms with Crippen molar-refractivity contribution in [2.45, 2.75) is 46.7 Å². The molecule has 0 aliphatic carbocycles. The molecule has 2 amide bonds. The molecule has 6 aromatic carbocycles. The van der Waals surface area contributed by atoms with Crippen molar-refractivity contribution in [2.75, 3.05) is 27.3 Å². The van der Waals surface area contributed by atoms with Crippen LogP contribution in [0.5, 0.6) is 23.0 Å². The number of carboxylic acids is 1. The molecule has 14 heteroatoms. The lowest BCUT2D eigenvalue weighted by Gasteiger charge is -2.20. The molecule has 0 fully saturated rings. The van der Waals surface area contributed by atoms with E-state index >= 15 is 0 Å². The van der Waals surface area contributed by atoms with Gasteiger partial charge in [-0.2, -0.15) is 0 Å². The number of nitrogens with zero attached hydrogens (tertiary/aromatic N) is 4. The zero-order chi connectivity index (χ0) is 52.2. The number of hydrogen-bond donors (Lipinski definition) is 1. The van der Waals surface area contributed by atoms with Crippen LogP contribution in [0.15, 0.2) is 179 Å². The molecule has 2 heterocycles. The Hall–Kier alpha value is -9.17. The lowest BCUT2D eigenvalue weighted by molar-refractivity contribution is -0.138. The van der Waals surface area contributed by atoms with Gasteiger partial charge in [0.2, 0.25) is 11.8 Å². The van der Waals surface area contributed by atoms with Crippen molar-refractivity contribution in [3.05, 3.63) is 215 Å². The molecule has 1 N–H and O–H groups in total. The van der Waals surface area contributed by atoms with E-state index in [1.165, 1.54) is 7.11 Å². The third kappa shape index (κ3) is 15.4. The SMILES string of the molecule is CCN(Cc1ccc(/C=C\Cc2nc(-c3ccccc3)oc2C)cc1)C(=O)Oc1ccc(OC)cc1.COc1ccc(OC(=O)N(CC(=O)O)Cc2ccc(/C=C\Cc3nc(-c4ccccc4)oc3C)cc2)cc1. The van der Waals surface area contributed by atoms with Crippen LogP contribution in [0.1, 0.15) is 52.1 Å². The summed E-state index contributed by atoms with van der Waals surface area (Å²) in [4.78, 5) is 48.7. The Morgan fingerprint density at radius 3 is 1.28 bits per heavy atom. The highest BCUT2D eigenvalue weighted by Crippen LogP contribution is 2.25. The minimum atomic E-state index is -1.13. The molecule has 0 bridgehead atoms. The Morgan fingerprint density at radius 1 is 0.527 bits per heavy atom. The number of oxazole rings is 2. The zero-order valence-electron chi connectivity index (χ0n) is 42.0. The van der Waals surface area contributed by atoms with Gasteiger partial charge in [0.05, 0.1) is 25.6 Å². The van der Waals surface area contributed by atoms with Gasteiger partial charge < -0.3 is 37.8 Å². The standard InChI is InChI=1S/C30H28N2O6.C30H30N2O4/c1-21-27(31-29(37-21)24-8-4-3-5-9-24)10-6-7-22-11-13-23(14-12-22)19-32(20-28(33)34)30(35)38-26-17-15-25(36-2)16-18-26;1-4-32(30(33)36-27-19-17-26(34-3)18-20-27)21-24-15-13-23(14-16-24)9-8-12-28-22(2)35-29(31-28)25-10-6-5-7-11-25/h3-9,11-18H,10,19-20H2,1-2H3,(H,33,34);5-11,13-20H,4,12,21H2,1-3H3/b7-6-;9-8-. The number of benzene rings is 6. The third-order valence-corrected chi connectivity index (χ3v) is 11.5. The average molecular weight is 995 g/mol. The molecule has 14 nitrogen and oxygen atoms in total. The second-order valence-corrected chi connectivity index (χ2v) is 16.8. The van der Waals surface area contributed by atoms with Crippen LogP contribution in [0.2, 0.25) is 0 Å². The largest absolute Gasteiger partial charge is 0.497 e. The first-order valence-corrected chi connectivity index (χ1v) is 23.9. The van der Waals surface area contributed by atoms with Crippen LogP contribution in [0.25, 0.3) is 35.1 Å². The number of ether oxygens (including phenoxy) is 4. The fraction of sp³-hybridized carbons (Fsp3) is 0.183. The van der Waals surface area contributed by atoms with Crippen LogP contribution < -0.4 is 18.9 Å². The van der Waals surface area contributed by atoms with E-state index in [1.807, 2.05) is 142 Å². The van der Waals surface area contributed by atoms with Crippen molar-refractivity contribution >= 4 is 30.3 Å². The number of hydrogen-bond acceptors (Lipinski definition) is 11. The number of allylic oxidation sites excluding steroid dienone is 2. The molecule has 0 aliphatic rings. The highest BCUT2D eigenvalue weighted by atomic mass is 16.6. The summed E-state index contributed by atoms with van der Waals surface area (Å²) in [6, 6.07) is 48.8. The van der Waals surface area contributed by atoms with Gasteiger partial charge in [-0.25, -0.2) is 19.6 Å². The Morgan fingerprint density at radius 2 is 0.905 bits per heavy atom. The number of aryl methyl sites for hydroxylation is 2. The van der Waals surface area contributed by atoms with Gasteiger partial charge in [0.15, 0.2) is 0 Å². The Labute approximate surface area is 430 Å². The molecule has 0 spiro atoms. The quantitative estimate of drug-likeness (QED) is 0.0815. The number of methoxy groups -OCH3 is 2. The number of carbonyl (C=O) groups is 3. The van der Waals surface area contributed by atoms with Gasteiger partial charge in [-0.3, -0.25) is 9.69 Å². The summed E-state index contributed by atoms with van der Waals surface area (Å²) >= 11 is 0. The fourth-order valence-corrected chi connectivity index (χ4v) is 7.44. The number of amides is 2. The summed E-state index contributed by atoms with van der Waals surface area (Å²) in [5.74, 6) is 3.84. The fourth-order valence-electron chi connectivity index (χ4n) is 7.44. The molecular weight excluding hydrogens is 937 g/mol. The molecule has 0 aliphatic heterocycles. The van der Waals surface area contributed by atoms with Gasteiger partial charge in [0.1, 0.15) is 41.1 Å². The molecule has 378 valence electrons. The van der Waals surface area contributed by atoms with Gasteiger partial charge in [-0.1, -0.05) is 109 Å². The number of carboxylic acid groups (broad SMARTS) is 1. The maximum absolute atomic E-state index is 12.7. The molecule has 2 aromatic heterocycles. The van der Waals surface area contributed by atoms with Crippen LogP contribution in [0, 0.1) is 13.8 Å². The summed E-state index contributed by atoms with van der Waals surface area (Å²) in [7, 11) is 3.13. The highest BCUT2D eigenvalue weighted by Gasteiger charge is 2.20. The van der Waals surface area contributed by atoms with Crippen LogP contribution >= 0.6 is 0 Å². The van der Waals surface area contributed by atoms with Crippen molar-refractivity contribution < 1.29 is 47.3 Å². The van der Waals surface area contributed by atoms with Crippen LogP contribution in [-0.4, -0.2) is 70.3 Å². The van der Waals surface area contributed by atoms with Gasteiger partial charge >= 0.3 is 18.2 Å². The van der Waals surface area contributed by atoms with E-state index in [0.717, 1.165) is 61.2 Å². The van der Waals surface area contributed by atoms with Crippen LogP contribution in [-0.2, 0) is 30.7 Å². The first-order chi connectivity index (χ1) is 36.0. The van der Waals surface area contributed by atoms with Crippen molar-refractivity contribution in [3.63, 3.8) is 0 Å². The maximum Gasteiger partial charge on any atom is 0.416 e. The van der Waals surface area contributed by atoms with Crippen LogP contribution in [0.3, 0.4) is 0 Å². The summed E-state index contributed by atoms with van der Waals surface area (Å²) in [6.45, 7) is 6.39. The number of aromatic nitrogens is 2. The van der Waals surface area contributed by atoms with Gasteiger partial charge in [-0.15, -0.1) is 0 Å². The lowest BCUT2D eigenvalue weighted by Crippen LogP contribution is -2.37. The molecule has 74 heavy (non-hydrogen) atoms. The van der Waals surface area contributed by atoms with Crippen molar-refractivity contribution in [2.24, 2.45) is 0 Å². The summed E-state index contributed by atoms with van der Waals surface area (Å²) in [6.07, 6.45) is 8.31. The average Bonchev–Trinajstić information content (AvgIpc) is 4.00. The van der Waals surface area contributed by atoms with Crippen molar-refractivity contribution in [1.29, 1.82) is 0 Å². The Bertz CT molecular complexity index is 3110. The monoisotopic (exact) mass is 994 g/mol. The predicted octanol–water partition coefficient (Wildman–Crippen LogP) is 12.9. The van der Waals surface area contributed by atoms with E-state index in [1.54, 1.807) is 60.5 Å². The first-order valence-electron chi connectivity index (χ1n) is 23.9. The normalized spacial score (nSPS) is 10.9. The Kier molecular flexibility index (Phi) is 18.7.